The van der Waals surface area contributed by atoms with Gasteiger partial charge in [0, 0.05) is 11.8 Å². The lowest BCUT2D eigenvalue weighted by atomic mass is 9.90. The number of nitrogens with zero attached hydrogens (tertiary/aromatic N) is 2. The fraction of sp³-hybridized carbons (Fsp3) is 0.350. The summed E-state index contributed by atoms with van der Waals surface area (Å²) in [5, 5.41) is 0. The van der Waals surface area contributed by atoms with E-state index in [1.165, 1.54) is 6.07 Å². The minimum Gasteiger partial charge on any atom is -0.305 e. The van der Waals surface area contributed by atoms with E-state index in [0.717, 1.165) is 41.6 Å². The van der Waals surface area contributed by atoms with Crippen LogP contribution in [0.2, 0.25) is 0 Å². The van der Waals surface area contributed by atoms with Gasteiger partial charge in [0.1, 0.15) is 11.3 Å². The van der Waals surface area contributed by atoms with Crippen molar-refractivity contribution in [3.63, 3.8) is 0 Å². The zero-order chi connectivity index (χ0) is 17.6. The van der Waals surface area contributed by atoms with Crippen LogP contribution in [0.5, 0.6) is 0 Å². The van der Waals surface area contributed by atoms with Crippen LogP contribution >= 0.6 is 0 Å². The predicted molar refractivity (Wildman–Crippen MR) is 95.4 cm³/mol. The van der Waals surface area contributed by atoms with Crippen LogP contribution in [0.15, 0.2) is 35.3 Å². The van der Waals surface area contributed by atoms with E-state index in [1.54, 1.807) is 12.3 Å². The summed E-state index contributed by atoms with van der Waals surface area (Å²) in [4.78, 5) is 24.1. The first-order valence-electron chi connectivity index (χ1n) is 8.64. The Morgan fingerprint density at radius 3 is 2.80 bits per heavy atom. The number of aromatic amines is 1. The number of H-pyrrole nitrogens is 1. The second kappa shape index (κ2) is 6.06. The van der Waals surface area contributed by atoms with Gasteiger partial charge in [-0.2, -0.15) is 0 Å². The maximum atomic E-state index is 14.3. The van der Waals surface area contributed by atoms with Crippen molar-refractivity contribution in [1.82, 2.24) is 15.0 Å². The van der Waals surface area contributed by atoms with Crippen LogP contribution in [-0.2, 0) is 0 Å². The summed E-state index contributed by atoms with van der Waals surface area (Å²) in [5.74, 6) is 0.144. The molecule has 1 fully saturated rings. The van der Waals surface area contributed by atoms with E-state index < -0.39 is 0 Å². The maximum Gasteiger partial charge on any atom is 0.253 e. The van der Waals surface area contributed by atoms with Crippen LogP contribution in [0.3, 0.4) is 0 Å². The number of benzene rings is 1. The van der Waals surface area contributed by atoms with E-state index in [1.807, 2.05) is 26.0 Å². The van der Waals surface area contributed by atoms with Gasteiger partial charge in [0.25, 0.3) is 5.56 Å². The fourth-order valence-electron chi connectivity index (χ4n) is 4.07. The number of hydrogen-bond donors (Lipinski definition) is 1. The van der Waals surface area contributed by atoms with Gasteiger partial charge >= 0.3 is 0 Å². The van der Waals surface area contributed by atoms with Gasteiger partial charge in [-0.1, -0.05) is 12.1 Å². The van der Waals surface area contributed by atoms with Crippen molar-refractivity contribution < 1.29 is 4.39 Å². The molecule has 4 nitrogen and oxygen atoms in total. The molecule has 0 aliphatic heterocycles. The molecule has 3 aromatic rings. The molecular formula is C20H20FN3O. The highest BCUT2D eigenvalue weighted by Crippen LogP contribution is 2.44. The highest BCUT2D eigenvalue weighted by Gasteiger charge is 2.31. The minimum atomic E-state index is -0.139. The van der Waals surface area contributed by atoms with E-state index in [-0.39, 0.29) is 23.2 Å². The van der Waals surface area contributed by atoms with Crippen LogP contribution in [-0.4, -0.2) is 15.0 Å². The molecule has 1 saturated carbocycles. The van der Waals surface area contributed by atoms with Crippen molar-refractivity contribution in [2.75, 3.05) is 0 Å². The molecule has 0 bridgehead atoms. The van der Waals surface area contributed by atoms with Crippen molar-refractivity contribution in [3.8, 4) is 0 Å². The Kier molecular flexibility index (Phi) is 3.86. The number of aromatic nitrogens is 3. The van der Waals surface area contributed by atoms with Gasteiger partial charge in [-0.05, 0) is 68.2 Å². The number of halogens is 1. The summed E-state index contributed by atoms with van der Waals surface area (Å²) >= 11 is 0. The lowest BCUT2D eigenvalue weighted by molar-refractivity contribution is 0.573. The van der Waals surface area contributed by atoms with Crippen LogP contribution in [0.1, 0.15) is 53.5 Å². The van der Waals surface area contributed by atoms with Crippen molar-refractivity contribution in [3.05, 3.63) is 69.0 Å². The quantitative estimate of drug-likeness (QED) is 0.765. The zero-order valence-corrected chi connectivity index (χ0v) is 14.3. The first-order chi connectivity index (χ1) is 12.0. The average Bonchev–Trinajstić information content (AvgIpc) is 3.03. The molecule has 1 aliphatic rings. The Morgan fingerprint density at radius 1 is 1.20 bits per heavy atom. The lowest BCUT2D eigenvalue weighted by Crippen LogP contribution is -2.16. The normalized spacial score (nSPS) is 20.3. The standard InChI is InChI=1S/C20H20FN3O/c1-11-4-3-5-16(21)18(11)14-7-6-13(8-14)15-9-17-19(24-20(15)25)23-12(2)10-22-17/h3-5,9-10,13-14H,6-8H2,1-2H3,(H,23,24,25)/t13-,14-/m1/s1. The van der Waals surface area contributed by atoms with Gasteiger partial charge in [0.05, 0.1) is 5.69 Å². The highest BCUT2D eigenvalue weighted by atomic mass is 19.1. The Bertz CT molecular complexity index is 991. The zero-order valence-electron chi connectivity index (χ0n) is 14.3. The number of aryl methyl sites for hydroxylation is 2. The Balaban J connectivity index is 1.68. The average molecular weight is 337 g/mol. The number of nitrogens with one attached hydrogen (secondary N) is 1. The molecule has 1 N–H and O–H groups in total. The van der Waals surface area contributed by atoms with Gasteiger partial charge < -0.3 is 4.98 Å². The topological polar surface area (TPSA) is 58.6 Å². The SMILES string of the molecule is Cc1cnc2cc([C@@H]3CC[C@@H](c4c(C)cccc4F)C3)c(=O)[nH]c2n1. The van der Waals surface area contributed by atoms with Gasteiger partial charge in [-0.25, -0.2) is 9.37 Å². The van der Waals surface area contributed by atoms with E-state index in [4.69, 9.17) is 0 Å². The van der Waals surface area contributed by atoms with Crippen LogP contribution < -0.4 is 5.56 Å². The molecule has 0 saturated heterocycles. The Morgan fingerprint density at radius 2 is 2.00 bits per heavy atom. The van der Waals surface area contributed by atoms with Crippen LogP contribution in [0.25, 0.3) is 11.2 Å². The van der Waals surface area contributed by atoms with Crippen LogP contribution in [0, 0.1) is 19.7 Å². The molecular weight excluding hydrogens is 317 g/mol. The third-order valence-electron chi connectivity index (χ3n) is 5.26. The number of hydrogen-bond acceptors (Lipinski definition) is 3. The number of rotatable bonds is 2. The number of pyridine rings is 1. The smallest absolute Gasteiger partial charge is 0.253 e. The predicted octanol–water partition coefficient (Wildman–Crippen LogP) is 4.13. The molecule has 25 heavy (non-hydrogen) atoms. The third kappa shape index (κ3) is 2.84. The minimum absolute atomic E-state index is 0.108. The Hall–Kier alpha value is -2.56. The second-order valence-corrected chi connectivity index (χ2v) is 6.98. The second-order valence-electron chi connectivity index (χ2n) is 6.98. The largest absolute Gasteiger partial charge is 0.305 e. The summed E-state index contributed by atoms with van der Waals surface area (Å²) in [7, 11) is 0. The van der Waals surface area contributed by atoms with Crippen molar-refractivity contribution in [2.45, 2.75) is 44.9 Å². The molecule has 2 heterocycles. The molecule has 2 atom stereocenters. The molecule has 1 aliphatic carbocycles. The van der Waals surface area contributed by atoms with E-state index in [2.05, 4.69) is 15.0 Å². The first-order valence-corrected chi connectivity index (χ1v) is 8.64. The first kappa shape index (κ1) is 15.9. The molecule has 0 spiro atoms. The molecule has 0 amide bonds. The molecule has 0 unspecified atom stereocenters. The van der Waals surface area contributed by atoms with Gasteiger partial charge in [0.2, 0.25) is 0 Å². The number of fused-ring (bicyclic) bond motifs is 1. The summed E-state index contributed by atoms with van der Waals surface area (Å²) < 4.78 is 14.3. The van der Waals surface area contributed by atoms with Gasteiger partial charge in [-0.15, -0.1) is 0 Å². The molecule has 0 radical (unpaired) electrons. The highest BCUT2D eigenvalue weighted by molar-refractivity contribution is 5.70. The maximum absolute atomic E-state index is 14.3. The van der Waals surface area contributed by atoms with Crippen LogP contribution in [0.4, 0.5) is 4.39 Å². The van der Waals surface area contributed by atoms with E-state index in [9.17, 15) is 9.18 Å². The molecule has 1 aromatic carbocycles. The molecule has 4 rings (SSSR count). The van der Waals surface area contributed by atoms with Crippen molar-refractivity contribution >= 4 is 11.2 Å². The summed E-state index contributed by atoms with van der Waals surface area (Å²) in [6.07, 6.45) is 4.26. The lowest BCUT2D eigenvalue weighted by Gasteiger charge is -2.15. The van der Waals surface area contributed by atoms with E-state index in [0.29, 0.717) is 11.2 Å². The van der Waals surface area contributed by atoms with Crippen molar-refractivity contribution in [2.24, 2.45) is 0 Å². The third-order valence-corrected chi connectivity index (χ3v) is 5.26. The molecule has 5 heteroatoms. The summed E-state index contributed by atoms with van der Waals surface area (Å²) in [6, 6.07) is 7.07. The van der Waals surface area contributed by atoms with E-state index >= 15 is 0 Å². The van der Waals surface area contributed by atoms with Gasteiger partial charge in [0.15, 0.2) is 5.65 Å². The summed E-state index contributed by atoms with van der Waals surface area (Å²) in [5.41, 5.74) is 4.41. The fourth-order valence-corrected chi connectivity index (χ4v) is 4.07. The summed E-state index contributed by atoms with van der Waals surface area (Å²) in [6.45, 7) is 3.80. The Labute approximate surface area is 145 Å². The molecule has 2 aromatic heterocycles. The van der Waals surface area contributed by atoms with Crippen molar-refractivity contribution in [1.29, 1.82) is 0 Å². The monoisotopic (exact) mass is 337 g/mol. The van der Waals surface area contributed by atoms with Gasteiger partial charge in [-0.3, -0.25) is 9.78 Å². The molecule has 128 valence electrons.